The highest BCUT2D eigenvalue weighted by Gasteiger charge is 2.36. The van der Waals surface area contributed by atoms with Gasteiger partial charge in [0.05, 0.1) is 24.0 Å². The lowest BCUT2D eigenvalue weighted by molar-refractivity contribution is 0.179. The molecular formula is C21H20N4O2S. The van der Waals surface area contributed by atoms with Crippen LogP contribution in [0.5, 0.6) is 0 Å². The largest absolute Gasteiger partial charge is 0.612 e. The Morgan fingerprint density at radius 2 is 1.89 bits per heavy atom. The van der Waals surface area contributed by atoms with Gasteiger partial charge in [0.2, 0.25) is 0 Å². The lowest BCUT2D eigenvalue weighted by atomic mass is 10.1. The van der Waals surface area contributed by atoms with Gasteiger partial charge >= 0.3 is 6.03 Å². The van der Waals surface area contributed by atoms with E-state index in [1.54, 1.807) is 40.6 Å². The van der Waals surface area contributed by atoms with Crippen LogP contribution in [0.15, 0.2) is 71.9 Å². The van der Waals surface area contributed by atoms with Gasteiger partial charge in [0.1, 0.15) is 12.1 Å². The molecule has 6 nitrogen and oxygen atoms in total. The normalized spacial score (nSPS) is 15.9. The van der Waals surface area contributed by atoms with E-state index in [9.17, 15) is 9.35 Å². The molecule has 2 amide bonds. The Morgan fingerprint density at radius 3 is 2.64 bits per heavy atom. The lowest BCUT2D eigenvalue weighted by Gasteiger charge is -2.39. The van der Waals surface area contributed by atoms with Crippen molar-refractivity contribution in [3.63, 3.8) is 0 Å². The van der Waals surface area contributed by atoms with E-state index in [2.05, 4.69) is 9.97 Å². The minimum absolute atomic E-state index is 0.177. The molecule has 0 radical (unpaired) electrons. The van der Waals surface area contributed by atoms with Crippen LogP contribution in [-0.2, 0) is 17.7 Å². The molecule has 0 bridgehead atoms. The average molecular weight is 392 g/mol. The van der Waals surface area contributed by atoms with Crippen LogP contribution >= 0.6 is 0 Å². The number of hydrogen-bond donors (Lipinski definition) is 0. The summed E-state index contributed by atoms with van der Waals surface area (Å²) in [5.41, 5.74) is 2.43. The van der Waals surface area contributed by atoms with Crippen molar-refractivity contribution in [2.24, 2.45) is 0 Å². The van der Waals surface area contributed by atoms with E-state index in [0.717, 1.165) is 11.3 Å². The van der Waals surface area contributed by atoms with Crippen molar-refractivity contribution in [2.45, 2.75) is 24.4 Å². The number of carbonyl (C=O) groups excluding carboxylic acids is 1. The maximum absolute atomic E-state index is 13.5. The Bertz CT molecular complexity index is 996. The first-order chi connectivity index (χ1) is 13.6. The SMILES string of the molecule is CC(c1ccccn1)N1Cc2cccnc2N(c2cccc([S+](C)[O-])c2)C1=O. The Labute approximate surface area is 167 Å². The fraction of sp³-hybridized carbons (Fsp3) is 0.190. The predicted molar refractivity (Wildman–Crippen MR) is 109 cm³/mol. The molecule has 0 spiro atoms. The molecule has 3 heterocycles. The van der Waals surface area contributed by atoms with E-state index in [0.29, 0.717) is 22.9 Å². The molecule has 1 aliphatic heterocycles. The number of aromatic nitrogens is 2. The van der Waals surface area contributed by atoms with Crippen molar-refractivity contribution < 1.29 is 9.35 Å². The number of benzene rings is 1. The Kier molecular flexibility index (Phi) is 5.02. The number of fused-ring (bicyclic) bond motifs is 1. The molecule has 0 saturated heterocycles. The van der Waals surface area contributed by atoms with Crippen LogP contribution in [0.4, 0.5) is 16.3 Å². The predicted octanol–water partition coefficient (Wildman–Crippen LogP) is 4.05. The van der Waals surface area contributed by atoms with E-state index in [1.165, 1.54) is 0 Å². The van der Waals surface area contributed by atoms with Crippen LogP contribution < -0.4 is 4.90 Å². The molecule has 0 N–H and O–H groups in total. The highest BCUT2D eigenvalue weighted by atomic mass is 32.2. The van der Waals surface area contributed by atoms with Crippen LogP contribution in [0.2, 0.25) is 0 Å². The summed E-state index contributed by atoms with van der Waals surface area (Å²) < 4.78 is 11.9. The van der Waals surface area contributed by atoms with Gasteiger partial charge in [0.25, 0.3) is 0 Å². The Morgan fingerprint density at radius 1 is 1.07 bits per heavy atom. The zero-order valence-electron chi connectivity index (χ0n) is 15.6. The molecular weight excluding hydrogens is 372 g/mol. The standard InChI is InChI=1S/C21H20N4O2S/c1-15(19-10-3-4-11-22-19)24-14-16-7-6-12-23-20(16)25(21(24)26)17-8-5-9-18(13-17)28(2)27/h3-13,15H,14H2,1-2H3. The first-order valence-electron chi connectivity index (χ1n) is 8.95. The van der Waals surface area contributed by atoms with Gasteiger partial charge in [-0.05, 0) is 48.4 Å². The van der Waals surface area contributed by atoms with Crippen LogP contribution in [0.1, 0.15) is 24.2 Å². The number of anilines is 2. The van der Waals surface area contributed by atoms with Crippen molar-refractivity contribution in [1.29, 1.82) is 0 Å². The van der Waals surface area contributed by atoms with Crippen LogP contribution in [0.3, 0.4) is 0 Å². The van der Waals surface area contributed by atoms with Crippen LogP contribution in [-0.4, -0.2) is 31.7 Å². The molecule has 1 aliphatic rings. The summed E-state index contributed by atoms with van der Waals surface area (Å²) in [5, 5.41) is 0. The van der Waals surface area contributed by atoms with E-state index < -0.39 is 11.2 Å². The zero-order chi connectivity index (χ0) is 19.7. The molecule has 4 rings (SSSR count). The fourth-order valence-corrected chi connectivity index (χ4v) is 3.90. The first-order valence-corrected chi connectivity index (χ1v) is 10.5. The van der Waals surface area contributed by atoms with E-state index in [1.807, 2.05) is 49.4 Å². The van der Waals surface area contributed by atoms with Gasteiger partial charge in [-0.2, -0.15) is 0 Å². The Hall–Kier alpha value is -2.90. The summed E-state index contributed by atoms with van der Waals surface area (Å²) in [4.78, 5) is 26.4. The second-order valence-corrected chi connectivity index (χ2v) is 7.99. The average Bonchev–Trinajstić information content (AvgIpc) is 2.73. The third-order valence-corrected chi connectivity index (χ3v) is 5.77. The number of urea groups is 1. The smallest absolute Gasteiger partial charge is 0.331 e. The summed E-state index contributed by atoms with van der Waals surface area (Å²) >= 11 is -1.14. The minimum Gasteiger partial charge on any atom is -0.612 e. The fourth-order valence-electron chi connectivity index (χ4n) is 3.34. The molecule has 3 aromatic rings. The van der Waals surface area contributed by atoms with Gasteiger partial charge in [0, 0.05) is 24.0 Å². The van der Waals surface area contributed by atoms with Crippen molar-refractivity contribution in [1.82, 2.24) is 14.9 Å². The maximum atomic E-state index is 13.5. The van der Waals surface area contributed by atoms with E-state index >= 15 is 0 Å². The molecule has 28 heavy (non-hydrogen) atoms. The maximum Gasteiger partial charge on any atom is 0.331 e. The van der Waals surface area contributed by atoms with Crippen molar-refractivity contribution in [2.75, 3.05) is 11.2 Å². The monoisotopic (exact) mass is 392 g/mol. The topological polar surface area (TPSA) is 72.4 Å². The van der Waals surface area contributed by atoms with E-state index in [4.69, 9.17) is 0 Å². The molecule has 142 valence electrons. The lowest BCUT2D eigenvalue weighted by Crippen LogP contribution is -2.46. The summed E-state index contributed by atoms with van der Waals surface area (Å²) in [7, 11) is 0. The molecule has 2 unspecified atom stereocenters. The molecule has 0 saturated carbocycles. The number of rotatable bonds is 4. The van der Waals surface area contributed by atoms with Gasteiger partial charge < -0.3 is 9.45 Å². The second kappa shape index (κ2) is 7.61. The Balaban J connectivity index is 1.79. The van der Waals surface area contributed by atoms with Crippen molar-refractivity contribution in [3.8, 4) is 0 Å². The third kappa shape index (κ3) is 3.34. The van der Waals surface area contributed by atoms with Crippen molar-refractivity contribution in [3.05, 3.63) is 78.2 Å². The highest BCUT2D eigenvalue weighted by molar-refractivity contribution is 7.90. The number of pyridine rings is 2. The van der Waals surface area contributed by atoms with Gasteiger partial charge in [-0.3, -0.25) is 4.98 Å². The summed E-state index contributed by atoms with van der Waals surface area (Å²) in [6.07, 6.45) is 5.03. The first kappa shape index (κ1) is 18.5. The third-order valence-electron chi connectivity index (χ3n) is 4.85. The van der Waals surface area contributed by atoms with Gasteiger partial charge in [-0.15, -0.1) is 0 Å². The molecule has 2 aromatic heterocycles. The minimum atomic E-state index is -1.14. The number of hydrogen-bond acceptors (Lipinski definition) is 4. The highest BCUT2D eigenvalue weighted by Crippen LogP contribution is 2.37. The zero-order valence-corrected chi connectivity index (χ0v) is 16.5. The molecule has 0 fully saturated rings. The molecule has 7 heteroatoms. The number of carbonyl (C=O) groups is 1. The molecule has 2 atom stereocenters. The summed E-state index contributed by atoms with van der Waals surface area (Å²) in [6, 6.07) is 16.4. The van der Waals surface area contributed by atoms with Gasteiger partial charge in [-0.1, -0.05) is 18.2 Å². The summed E-state index contributed by atoms with van der Waals surface area (Å²) in [6.45, 7) is 2.42. The van der Waals surface area contributed by atoms with Gasteiger partial charge in [-0.25, -0.2) is 14.7 Å². The number of amides is 2. The van der Waals surface area contributed by atoms with Crippen LogP contribution in [0.25, 0.3) is 0 Å². The van der Waals surface area contributed by atoms with Crippen molar-refractivity contribution >= 4 is 28.7 Å². The number of nitrogens with zero attached hydrogens (tertiary/aromatic N) is 4. The van der Waals surface area contributed by atoms with Gasteiger partial charge in [0.15, 0.2) is 4.90 Å². The quantitative estimate of drug-likeness (QED) is 0.628. The molecule has 0 aliphatic carbocycles. The summed E-state index contributed by atoms with van der Waals surface area (Å²) in [5.74, 6) is 0.607. The van der Waals surface area contributed by atoms with Crippen LogP contribution in [0, 0.1) is 0 Å². The molecule has 1 aromatic carbocycles. The van der Waals surface area contributed by atoms with E-state index in [-0.39, 0.29) is 12.1 Å². The second-order valence-electron chi connectivity index (χ2n) is 6.61.